The fourth-order valence-electron chi connectivity index (χ4n) is 3.19. The van der Waals surface area contributed by atoms with Crippen LogP contribution in [0.5, 0.6) is 0 Å². The normalized spacial score (nSPS) is 54.5. The summed E-state index contributed by atoms with van der Waals surface area (Å²) in [5.41, 5.74) is 0. The highest BCUT2D eigenvalue weighted by atomic mass is 79.9. The predicted octanol–water partition coefficient (Wildman–Crippen LogP) is 3.93. The van der Waals surface area contributed by atoms with Crippen LogP contribution < -0.4 is 0 Å². The van der Waals surface area contributed by atoms with Crippen LogP contribution in [-0.2, 0) is 0 Å². The van der Waals surface area contributed by atoms with Gasteiger partial charge in [0.05, 0.1) is 3.23 Å². The van der Waals surface area contributed by atoms with Crippen LogP contribution in [0.3, 0.4) is 0 Å². The smallest absolute Gasteiger partial charge is 0.0721 e. The molecule has 4 unspecified atom stereocenters. The van der Waals surface area contributed by atoms with Gasteiger partial charge in [0, 0.05) is 0 Å². The molecule has 0 bridgehead atoms. The molecule has 0 saturated heterocycles. The van der Waals surface area contributed by atoms with Crippen LogP contribution in [0.15, 0.2) is 0 Å². The maximum Gasteiger partial charge on any atom is 0.0871 e. The Labute approximate surface area is 90.7 Å². The first-order valence-corrected chi connectivity index (χ1v) is 6.67. The van der Waals surface area contributed by atoms with Gasteiger partial charge >= 0.3 is 0 Å². The van der Waals surface area contributed by atoms with E-state index < -0.39 is 0 Å². The van der Waals surface area contributed by atoms with Gasteiger partial charge in [-0.1, -0.05) is 51.1 Å². The zero-order chi connectivity index (χ0) is 8.34. The third kappa shape index (κ3) is 1.06. The van der Waals surface area contributed by atoms with E-state index in [9.17, 15) is 0 Å². The molecule has 0 aliphatic heterocycles. The van der Waals surface area contributed by atoms with Crippen molar-refractivity contribution in [3.8, 4) is 0 Å². The summed E-state index contributed by atoms with van der Waals surface area (Å²) in [6.07, 6.45) is 7.44. The minimum Gasteiger partial charge on any atom is -0.0721 e. The highest BCUT2D eigenvalue weighted by Gasteiger charge is 2.68. The van der Waals surface area contributed by atoms with E-state index in [4.69, 9.17) is 0 Å². The Morgan fingerprint density at radius 1 is 1.08 bits per heavy atom. The topological polar surface area (TPSA) is 0 Å². The van der Waals surface area contributed by atoms with Gasteiger partial charge in [-0.3, -0.25) is 0 Å². The second-order valence-corrected chi connectivity index (χ2v) is 8.44. The van der Waals surface area contributed by atoms with Crippen molar-refractivity contribution in [2.75, 3.05) is 0 Å². The number of hydrogen-bond acceptors (Lipinski definition) is 0. The lowest BCUT2D eigenvalue weighted by atomic mass is 10.0. The minimum absolute atomic E-state index is 0.365. The summed E-state index contributed by atoms with van der Waals surface area (Å²) >= 11 is 7.67. The number of fused-ring (bicyclic) bond motifs is 3. The molecule has 0 N–H and O–H groups in total. The van der Waals surface area contributed by atoms with Gasteiger partial charge in [0.15, 0.2) is 0 Å². The Bertz CT molecular complexity index is 212. The van der Waals surface area contributed by atoms with E-state index in [0.29, 0.717) is 3.23 Å². The van der Waals surface area contributed by atoms with Gasteiger partial charge in [-0.15, -0.1) is 0 Å². The summed E-state index contributed by atoms with van der Waals surface area (Å²) in [6.45, 7) is 0. The number of rotatable bonds is 0. The van der Waals surface area contributed by atoms with Crippen LogP contribution in [0.2, 0.25) is 0 Å². The number of hydrogen-bond donors (Lipinski definition) is 0. The maximum absolute atomic E-state index is 3.83. The van der Waals surface area contributed by atoms with Gasteiger partial charge in [-0.25, -0.2) is 0 Å². The fourth-order valence-corrected chi connectivity index (χ4v) is 5.27. The zero-order valence-corrected chi connectivity index (χ0v) is 10.3. The van der Waals surface area contributed by atoms with E-state index >= 15 is 0 Å². The van der Waals surface area contributed by atoms with Crippen LogP contribution in [0.1, 0.15) is 32.1 Å². The largest absolute Gasteiger partial charge is 0.0871 e. The molecule has 12 heavy (non-hydrogen) atoms. The van der Waals surface area contributed by atoms with E-state index in [-0.39, 0.29) is 0 Å². The summed E-state index contributed by atoms with van der Waals surface area (Å²) in [5.74, 6) is 4.11. The van der Waals surface area contributed by atoms with Crippen molar-refractivity contribution in [2.24, 2.45) is 23.7 Å². The van der Waals surface area contributed by atoms with Gasteiger partial charge < -0.3 is 0 Å². The standard InChI is InChI=1S/C10H14Br2/c11-10(12)8-4-2-1-3-6-5-7(6)9(8)10/h6-9H,1-5H2. The molecule has 0 aromatic carbocycles. The fraction of sp³-hybridized carbons (Fsp3) is 1.00. The summed E-state index contributed by atoms with van der Waals surface area (Å²) in [5, 5.41) is 0. The van der Waals surface area contributed by atoms with Gasteiger partial charge in [0.25, 0.3) is 0 Å². The predicted molar refractivity (Wildman–Crippen MR) is 57.6 cm³/mol. The van der Waals surface area contributed by atoms with Gasteiger partial charge in [0.1, 0.15) is 0 Å². The van der Waals surface area contributed by atoms with Crippen molar-refractivity contribution in [1.82, 2.24) is 0 Å². The van der Waals surface area contributed by atoms with Crippen LogP contribution >= 0.6 is 31.9 Å². The second kappa shape index (κ2) is 2.50. The number of alkyl halides is 2. The molecule has 0 heterocycles. The average molecular weight is 294 g/mol. The quantitative estimate of drug-likeness (QED) is 0.594. The van der Waals surface area contributed by atoms with Gasteiger partial charge in [-0.05, 0) is 36.5 Å². The first-order valence-electron chi connectivity index (χ1n) is 5.09. The van der Waals surface area contributed by atoms with Crippen molar-refractivity contribution >= 4 is 31.9 Å². The monoisotopic (exact) mass is 292 g/mol. The van der Waals surface area contributed by atoms with Crippen molar-refractivity contribution < 1.29 is 0 Å². The van der Waals surface area contributed by atoms with Gasteiger partial charge in [-0.2, -0.15) is 0 Å². The second-order valence-electron chi connectivity index (χ2n) is 4.75. The molecule has 3 rings (SSSR count). The third-order valence-electron chi connectivity index (χ3n) is 4.04. The van der Waals surface area contributed by atoms with E-state index in [1.165, 1.54) is 32.1 Å². The Morgan fingerprint density at radius 3 is 2.67 bits per heavy atom. The van der Waals surface area contributed by atoms with Crippen molar-refractivity contribution in [3.63, 3.8) is 0 Å². The molecule has 0 aromatic rings. The van der Waals surface area contributed by atoms with Crippen LogP contribution in [0.4, 0.5) is 0 Å². The van der Waals surface area contributed by atoms with Crippen molar-refractivity contribution in [2.45, 2.75) is 35.3 Å². The molecular weight excluding hydrogens is 280 g/mol. The molecule has 3 saturated carbocycles. The lowest BCUT2D eigenvalue weighted by Gasteiger charge is -2.04. The van der Waals surface area contributed by atoms with Crippen LogP contribution in [-0.4, -0.2) is 3.23 Å². The lowest BCUT2D eigenvalue weighted by Crippen LogP contribution is -1.94. The molecule has 0 amide bonds. The first-order chi connectivity index (χ1) is 5.71. The van der Waals surface area contributed by atoms with Crippen molar-refractivity contribution in [1.29, 1.82) is 0 Å². The molecule has 3 aliphatic carbocycles. The molecule has 0 spiro atoms. The van der Waals surface area contributed by atoms with Crippen LogP contribution in [0.25, 0.3) is 0 Å². The maximum atomic E-state index is 3.83. The first kappa shape index (κ1) is 8.28. The van der Waals surface area contributed by atoms with E-state index in [0.717, 1.165) is 23.7 Å². The molecule has 3 fully saturated rings. The molecule has 0 aromatic heterocycles. The molecule has 4 atom stereocenters. The SMILES string of the molecule is BrC1(Br)C2CCCCC3CC3C21. The Morgan fingerprint density at radius 2 is 1.83 bits per heavy atom. The molecule has 68 valence electrons. The average Bonchev–Trinajstić information content (AvgIpc) is 2.75. The van der Waals surface area contributed by atoms with Gasteiger partial charge in [0.2, 0.25) is 0 Å². The summed E-state index contributed by atoms with van der Waals surface area (Å²) in [6, 6.07) is 0. The van der Waals surface area contributed by atoms with Crippen molar-refractivity contribution in [3.05, 3.63) is 0 Å². The van der Waals surface area contributed by atoms with Crippen LogP contribution in [0, 0.1) is 23.7 Å². The molecule has 0 radical (unpaired) electrons. The summed E-state index contributed by atoms with van der Waals surface area (Å²) in [7, 11) is 0. The number of halogens is 2. The Balaban J connectivity index is 1.79. The van der Waals surface area contributed by atoms with E-state index in [2.05, 4.69) is 31.9 Å². The zero-order valence-electron chi connectivity index (χ0n) is 7.10. The Hall–Kier alpha value is 0.960. The molecule has 3 aliphatic rings. The molecular formula is C10H14Br2. The van der Waals surface area contributed by atoms with E-state index in [1.54, 1.807) is 0 Å². The third-order valence-corrected chi connectivity index (χ3v) is 6.28. The lowest BCUT2D eigenvalue weighted by molar-refractivity contribution is 0.467. The molecule has 0 nitrogen and oxygen atoms in total. The summed E-state index contributed by atoms with van der Waals surface area (Å²) < 4.78 is 0.365. The summed E-state index contributed by atoms with van der Waals surface area (Å²) in [4.78, 5) is 0. The minimum atomic E-state index is 0.365. The highest BCUT2D eigenvalue weighted by molar-refractivity contribution is 9.25. The molecule has 2 heteroatoms. The van der Waals surface area contributed by atoms with E-state index in [1.807, 2.05) is 0 Å². The Kier molecular flexibility index (Phi) is 1.73. The highest BCUT2D eigenvalue weighted by Crippen LogP contribution is 2.73.